The number of imidazole rings is 1. The van der Waals surface area contributed by atoms with Crippen LogP contribution in [0.5, 0.6) is 0 Å². The Kier molecular flexibility index (Phi) is 2.75. The number of nitrogens with zero attached hydrogens (tertiary/aromatic N) is 2. The third kappa shape index (κ3) is 1.84. The molecule has 3 nitrogen and oxygen atoms in total. The highest BCUT2D eigenvalue weighted by Crippen LogP contribution is 2.18. The van der Waals surface area contributed by atoms with Crippen LogP contribution in [0.15, 0.2) is 24.5 Å². The molecule has 0 spiro atoms. The average molecular weight is 236 g/mol. The zero-order valence-corrected chi connectivity index (χ0v) is 9.37. The second-order valence-electron chi connectivity index (χ2n) is 3.75. The quantitative estimate of drug-likeness (QED) is 0.749. The van der Waals surface area contributed by atoms with E-state index in [1.54, 1.807) is 13.2 Å². The number of benzene rings is 1. The third-order valence-electron chi connectivity index (χ3n) is 2.54. The summed E-state index contributed by atoms with van der Waals surface area (Å²) in [6, 6.07) is 2.64. The van der Waals surface area contributed by atoms with E-state index in [0.717, 1.165) is 0 Å². The molecule has 0 fully saturated rings. The highest BCUT2D eigenvalue weighted by Gasteiger charge is 2.21. The third-order valence-corrected chi connectivity index (χ3v) is 2.54. The lowest BCUT2D eigenvalue weighted by molar-refractivity contribution is 0.102. The van der Waals surface area contributed by atoms with E-state index in [0.29, 0.717) is 0 Å². The van der Waals surface area contributed by atoms with Crippen LogP contribution in [0.3, 0.4) is 0 Å². The maximum Gasteiger partial charge on any atom is 0.231 e. The molecule has 0 bridgehead atoms. The molecule has 0 amide bonds. The molecule has 0 saturated heterocycles. The number of halogens is 2. The van der Waals surface area contributed by atoms with E-state index in [4.69, 9.17) is 0 Å². The molecule has 0 saturated carbocycles. The first kappa shape index (κ1) is 11.4. The van der Waals surface area contributed by atoms with Gasteiger partial charge in [-0.15, -0.1) is 0 Å². The van der Waals surface area contributed by atoms with E-state index >= 15 is 0 Å². The fourth-order valence-corrected chi connectivity index (χ4v) is 1.53. The van der Waals surface area contributed by atoms with E-state index < -0.39 is 17.4 Å². The molecule has 17 heavy (non-hydrogen) atoms. The molecule has 2 aromatic rings. The topological polar surface area (TPSA) is 34.9 Å². The van der Waals surface area contributed by atoms with Crippen LogP contribution in [-0.4, -0.2) is 15.3 Å². The van der Waals surface area contributed by atoms with Gasteiger partial charge in [-0.1, -0.05) is 6.07 Å². The van der Waals surface area contributed by atoms with Crippen molar-refractivity contribution in [2.75, 3.05) is 0 Å². The summed E-state index contributed by atoms with van der Waals surface area (Å²) in [6.07, 6.45) is 2.99. The van der Waals surface area contributed by atoms with Crippen LogP contribution in [-0.2, 0) is 7.05 Å². The normalized spacial score (nSPS) is 10.6. The summed E-state index contributed by atoms with van der Waals surface area (Å²) in [5.74, 6) is -2.68. The molecule has 1 aromatic carbocycles. The van der Waals surface area contributed by atoms with Crippen molar-refractivity contribution in [1.29, 1.82) is 0 Å². The molecule has 0 radical (unpaired) electrons. The molecule has 2 rings (SSSR count). The number of carbonyl (C=O) groups excluding carboxylic acids is 1. The maximum absolute atomic E-state index is 13.6. The molecule has 0 aliphatic carbocycles. The molecule has 1 heterocycles. The average Bonchev–Trinajstić information content (AvgIpc) is 2.72. The van der Waals surface area contributed by atoms with Crippen LogP contribution in [0, 0.1) is 18.6 Å². The van der Waals surface area contributed by atoms with Gasteiger partial charge in [-0.2, -0.15) is 0 Å². The molecular weight excluding hydrogens is 226 g/mol. The molecule has 88 valence electrons. The standard InChI is InChI=1S/C12H10F2N2O/c1-7-3-4-8(10(14)9(7)13)11(17)12-15-5-6-16(12)2/h3-6H,1-2H3. The van der Waals surface area contributed by atoms with Gasteiger partial charge in [-0.3, -0.25) is 4.79 Å². The van der Waals surface area contributed by atoms with Gasteiger partial charge >= 0.3 is 0 Å². The molecular formula is C12H10F2N2O. The van der Waals surface area contributed by atoms with Crippen molar-refractivity contribution in [3.8, 4) is 0 Å². The lowest BCUT2D eigenvalue weighted by atomic mass is 10.1. The minimum atomic E-state index is -1.13. The zero-order valence-electron chi connectivity index (χ0n) is 9.37. The van der Waals surface area contributed by atoms with E-state index in [2.05, 4.69) is 4.98 Å². The number of rotatable bonds is 2. The number of hydrogen-bond acceptors (Lipinski definition) is 2. The van der Waals surface area contributed by atoms with Crippen LogP contribution >= 0.6 is 0 Å². The largest absolute Gasteiger partial charge is 0.331 e. The summed E-state index contributed by atoms with van der Waals surface area (Å²) in [7, 11) is 1.61. The number of aromatic nitrogens is 2. The lowest BCUT2D eigenvalue weighted by Crippen LogP contribution is -2.12. The van der Waals surface area contributed by atoms with Gasteiger partial charge in [0.1, 0.15) is 0 Å². The van der Waals surface area contributed by atoms with Crippen molar-refractivity contribution < 1.29 is 13.6 Å². The van der Waals surface area contributed by atoms with E-state index in [-0.39, 0.29) is 17.0 Å². The molecule has 1 aromatic heterocycles. The van der Waals surface area contributed by atoms with E-state index in [9.17, 15) is 13.6 Å². The monoisotopic (exact) mass is 236 g/mol. The Balaban J connectivity index is 2.53. The molecule has 0 aliphatic rings. The predicted molar refractivity (Wildman–Crippen MR) is 57.7 cm³/mol. The van der Waals surface area contributed by atoms with Gasteiger partial charge in [0, 0.05) is 19.4 Å². The molecule has 0 atom stereocenters. The summed E-state index contributed by atoms with van der Waals surface area (Å²) in [5, 5.41) is 0. The van der Waals surface area contributed by atoms with E-state index in [1.165, 1.54) is 29.8 Å². The Bertz CT molecular complexity index is 590. The summed E-state index contributed by atoms with van der Waals surface area (Å²) in [4.78, 5) is 15.7. The van der Waals surface area contributed by atoms with Crippen molar-refractivity contribution in [3.63, 3.8) is 0 Å². The minimum Gasteiger partial charge on any atom is -0.331 e. The fourth-order valence-electron chi connectivity index (χ4n) is 1.53. The van der Waals surface area contributed by atoms with Gasteiger partial charge in [0.15, 0.2) is 17.5 Å². The Hall–Kier alpha value is -2.04. The van der Waals surface area contributed by atoms with Crippen LogP contribution in [0.2, 0.25) is 0 Å². The van der Waals surface area contributed by atoms with Crippen LogP contribution < -0.4 is 0 Å². The van der Waals surface area contributed by atoms with Gasteiger partial charge in [0.05, 0.1) is 5.56 Å². The Morgan fingerprint density at radius 2 is 2.00 bits per heavy atom. The van der Waals surface area contributed by atoms with Crippen LogP contribution in [0.25, 0.3) is 0 Å². The summed E-state index contributed by atoms with van der Waals surface area (Å²) < 4.78 is 28.4. The van der Waals surface area contributed by atoms with Crippen molar-refractivity contribution in [3.05, 3.63) is 53.1 Å². The van der Waals surface area contributed by atoms with Gasteiger partial charge in [-0.05, 0) is 18.6 Å². The summed E-state index contributed by atoms with van der Waals surface area (Å²) >= 11 is 0. The Morgan fingerprint density at radius 1 is 1.29 bits per heavy atom. The zero-order chi connectivity index (χ0) is 12.6. The summed E-state index contributed by atoms with van der Waals surface area (Å²) in [6.45, 7) is 1.44. The first-order valence-corrected chi connectivity index (χ1v) is 4.99. The van der Waals surface area contributed by atoms with Gasteiger partial charge < -0.3 is 4.57 Å². The van der Waals surface area contributed by atoms with Gasteiger partial charge in [-0.25, -0.2) is 13.8 Å². The fraction of sp³-hybridized carbons (Fsp3) is 0.167. The minimum absolute atomic E-state index is 0.0761. The van der Waals surface area contributed by atoms with E-state index in [1.807, 2.05) is 0 Å². The Labute approximate surface area is 96.7 Å². The van der Waals surface area contributed by atoms with Crippen molar-refractivity contribution >= 4 is 5.78 Å². The molecule has 5 heteroatoms. The molecule has 0 unspecified atom stereocenters. The second-order valence-corrected chi connectivity index (χ2v) is 3.75. The highest BCUT2D eigenvalue weighted by molar-refractivity contribution is 6.06. The van der Waals surface area contributed by atoms with Crippen molar-refractivity contribution in [2.45, 2.75) is 6.92 Å². The van der Waals surface area contributed by atoms with Crippen molar-refractivity contribution in [2.24, 2.45) is 7.05 Å². The summed E-state index contributed by atoms with van der Waals surface area (Å²) in [5.41, 5.74) is -0.138. The van der Waals surface area contributed by atoms with Gasteiger partial charge in [0.25, 0.3) is 0 Å². The smallest absolute Gasteiger partial charge is 0.231 e. The Morgan fingerprint density at radius 3 is 2.59 bits per heavy atom. The number of hydrogen-bond donors (Lipinski definition) is 0. The highest BCUT2D eigenvalue weighted by atomic mass is 19.2. The maximum atomic E-state index is 13.6. The first-order chi connectivity index (χ1) is 8.02. The van der Waals surface area contributed by atoms with Gasteiger partial charge in [0.2, 0.25) is 5.78 Å². The lowest BCUT2D eigenvalue weighted by Gasteiger charge is -2.05. The second kappa shape index (κ2) is 4.08. The molecule has 0 N–H and O–H groups in total. The van der Waals surface area contributed by atoms with Crippen LogP contribution in [0.1, 0.15) is 21.7 Å². The molecule has 0 aliphatic heterocycles. The number of carbonyl (C=O) groups is 1. The first-order valence-electron chi connectivity index (χ1n) is 4.99. The van der Waals surface area contributed by atoms with Crippen LogP contribution in [0.4, 0.5) is 8.78 Å². The SMILES string of the molecule is Cc1ccc(C(=O)c2nccn2C)c(F)c1F. The van der Waals surface area contributed by atoms with Crippen molar-refractivity contribution in [1.82, 2.24) is 9.55 Å². The number of aryl methyl sites for hydroxylation is 2. The predicted octanol–water partition coefficient (Wildman–Crippen LogP) is 2.24. The number of ketones is 1.